The maximum Gasteiger partial charge on any atom is 0.150 e. The summed E-state index contributed by atoms with van der Waals surface area (Å²) in [6, 6.07) is 0.712. The molecule has 0 heterocycles. The van der Waals surface area contributed by atoms with Crippen LogP contribution in [0.3, 0.4) is 0 Å². The van der Waals surface area contributed by atoms with Gasteiger partial charge < -0.3 is 5.32 Å². The first-order valence-corrected chi connectivity index (χ1v) is 8.20. The van der Waals surface area contributed by atoms with E-state index in [0.717, 1.165) is 13.0 Å². The molecule has 0 bridgehead atoms. The minimum absolute atomic E-state index is 0.272. The van der Waals surface area contributed by atoms with E-state index in [1.165, 1.54) is 12.8 Å². The molecule has 0 radical (unpaired) electrons. The highest BCUT2D eigenvalue weighted by molar-refractivity contribution is 7.91. The van der Waals surface area contributed by atoms with Gasteiger partial charge in [-0.25, -0.2) is 8.42 Å². The van der Waals surface area contributed by atoms with Crippen LogP contribution in [0.25, 0.3) is 0 Å². The molecule has 0 saturated heterocycles. The Kier molecular flexibility index (Phi) is 5.25. The normalized spacial score (nSPS) is 19.0. The first-order valence-electron chi connectivity index (χ1n) is 6.38. The molecule has 0 amide bonds. The topological polar surface area (TPSA) is 46.2 Å². The molecule has 0 aromatic heterocycles. The number of rotatable bonds is 8. The highest BCUT2D eigenvalue weighted by Gasteiger charge is 2.23. The Hall–Kier alpha value is -0.0900. The van der Waals surface area contributed by atoms with Crippen LogP contribution in [0.1, 0.15) is 40.0 Å². The van der Waals surface area contributed by atoms with E-state index in [1.807, 2.05) is 0 Å². The lowest BCUT2D eigenvalue weighted by Gasteiger charge is -2.21. The van der Waals surface area contributed by atoms with Gasteiger partial charge in [-0.15, -0.1) is 0 Å². The van der Waals surface area contributed by atoms with E-state index in [9.17, 15) is 8.42 Å². The first-order chi connectivity index (χ1) is 7.44. The summed E-state index contributed by atoms with van der Waals surface area (Å²) in [4.78, 5) is 0. The zero-order valence-corrected chi connectivity index (χ0v) is 11.5. The van der Waals surface area contributed by atoms with Crippen molar-refractivity contribution in [1.29, 1.82) is 0 Å². The van der Waals surface area contributed by atoms with Crippen molar-refractivity contribution >= 4 is 9.84 Å². The van der Waals surface area contributed by atoms with Crippen molar-refractivity contribution in [3.8, 4) is 0 Å². The average molecular weight is 247 g/mol. The van der Waals surface area contributed by atoms with Crippen LogP contribution in [-0.4, -0.2) is 32.5 Å². The molecule has 0 aromatic rings. The van der Waals surface area contributed by atoms with Crippen LogP contribution in [0, 0.1) is 11.8 Å². The summed E-state index contributed by atoms with van der Waals surface area (Å²) in [5.41, 5.74) is 0. The monoisotopic (exact) mass is 247 g/mol. The number of sulfone groups is 1. The molecule has 0 aromatic carbocycles. The summed E-state index contributed by atoms with van der Waals surface area (Å²) < 4.78 is 22.9. The third kappa shape index (κ3) is 5.30. The maximum absolute atomic E-state index is 11.5. The van der Waals surface area contributed by atoms with Crippen molar-refractivity contribution in [3.05, 3.63) is 0 Å². The van der Waals surface area contributed by atoms with E-state index in [0.29, 0.717) is 23.6 Å². The molecule has 0 spiro atoms. The molecule has 4 heteroatoms. The molecular formula is C12H25NO2S. The van der Waals surface area contributed by atoms with Crippen LogP contribution in [0.4, 0.5) is 0 Å². The molecule has 1 unspecified atom stereocenters. The molecule has 96 valence electrons. The molecule has 1 aliphatic rings. The van der Waals surface area contributed by atoms with Crippen LogP contribution < -0.4 is 5.32 Å². The van der Waals surface area contributed by atoms with Gasteiger partial charge in [0.2, 0.25) is 0 Å². The van der Waals surface area contributed by atoms with E-state index in [1.54, 1.807) is 6.92 Å². The molecule has 1 rings (SSSR count). The Bertz CT molecular complexity index is 294. The third-order valence-corrected chi connectivity index (χ3v) is 5.17. The fourth-order valence-electron chi connectivity index (χ4n) is 1.75. The Balaban J connectivity index is 2.31. The highest BCUT2D eigenvalue weighted by Crippen LogP contribution is 2.21. The predicted octanol–water partition coefficient (Wildman–Crippen LogP) is 1.84. The van der Waals surface area contributed by atoms with Crippen LogP contribution in [0.15, 0.2) is 0 Å². The number of hydrogen-bond donors (Lipinski definition) is 1. The number of nitrogens with one attached hydrogen (secondary N) is 1. The van der Waals surface area contributed by atoms with Crippen LogP contribution in [0.2, 0.25) is 0 Å². The molecule has 16 heavy (non-hydrogen) atoms. The van der Waals surface area contributed by atoms with Crippen LogP contribution in [-0.2, 0) is 9.84 Å². The molecule has 1 fully saturated rings. The molecule has 1 N–H and O–H groups in total. The van der Waals surface area contributed by atoms with Crippen molar-refractivity contribution in [3.63, 3.8) is 0 Å². The smallest absolute Gasteiger partial charge is 0.150 e. The van der Waals surface area contributed by atoms with Gasteiger partial charge >= 0.3 is 0 Å². The van der Waals surface area contributed by atoms with Gasteiger partial charge in [0.15, 0.2) is 0 Å². The number of hydrogen-bond acceptors (Lipinski definition) is 3. The first kappa shape index (κ1) is 14.0. The minimum Gasteiger partial charge on any atom is -0.314 e. The summed E-state index contributed by atoms with van der Waals surface area (Å²) in [6.07, 6.45) is 3.38. The van der Waals surface area contributed by atoms with E-state index in [-0.39, 0.29) is 5.75 Å². The Morgan fingerprint density at radius 3 is 2.38 bits per heavy atom. The average Bonchev–Trinajstić information content (AvgIpc) is 3.01. The Morgan fingerprint density at radius 1 is 1.31 bits per heavy atom. The summed E-state index contributed by atoms with van der Waals surface area (Å²) in [5, 5.41) is 3.50. The summed E-state index contributed by atoms with van der Waals surface area (Å²) in [7, 11) is -2.80. The second-order valence-electron chi connectivity index (χ2n) is 5.21. The quantitative estimate of drug-likeness (QED) is 0.712. The molecule has 0 aliphatic heterocycles. The van der Waals surface area contributed by atoms with E-state index >= 15 is 0 Å². The molecular weight excluding hydrogens is 222 g/mol. The second-order valence-corrected chi connectivity index (χ2v) is 7.68. The minimum atomic E-state index is -2.80. The van der Waals surface area contributed by atoms with Gasteiger partial charge in [0, 0.05) is 11.8 Å². The SMILES string of the molecule is CCS(=O)(=O)CCC(CNC1CC1)C(C)C. The maximum atomic E-state index is 11.5. The standard InChI is InChI=1S/C12H25NO2S/c1-4-16(14,15)8-7-11(10(2)3)9-13-12-5-6-12/h10-13H,4-9H2,1-3H3. The van der Waals surface area contributed by atoms with Gasteiger partial charge in [-0.05, 0) is 37.6 Å². The van der Waals surface area contributed by atoms with Crippen LogP contribution in [0.5, 0.6) is 0 Å². The van der Waals surface area contributed by atoms with E-state index < -0.39 is 9.84 Å². The van der Waals surface area contributed by atoms with Crippen molar-refractivity contribution < 1.29 is 8.42 Å². The Morgan fingerprint density at radius 2 is 1.94 bits per heavy atom. The predicted molar refractivity (Wildman–Crippen MR) is 68.3 cm³/mol. The second kappa shape index (κ2) is 6.01. The largest absolute Gasteiger partial charge is 0.314 e. The Labute approximate surface area is 99.9 Å². The third-order valence-electron chi connectivity index (χ3n) is 3.43. The van der Waals surface area contributed by atoms with Crippen molar-refractivity contribution in [2.24, 2.45) is 11.8 Å². The summed E-state index contributed by atoms with van der Waals surface area (Å²) >= 11 is 0. The lowest BCUT2D eigenvalue weighted by Crippen LogP contribution is -2.29. The van der Waals surface area contributed by atoms with Gasteiger partial charge in [0.05, 0.1) is 5.75 Å². The van der Waals surface area contributed by atoms with Gasteiger partial charge in [0.25, 0.3) is 0 Å². The van der Waals surface area contributed by atoms with Crippen molar-refractivity contribution in [2.75, 3.05) is 18.1 Å². The van der Waals surface area contributed by atoms with E-state index in [4.69, 9.17) is 0 Å². The summed E-state index contributed by atoms with van der Waals surface area (Å²) in [6.45, 7) is 7.05. The van der Waals surface area contributed by atoms with Crippen molar-refractivity contribution in [1.82, 2.24) is 5.32 Å². The highest BCUT2D eigenvalue weighted by atomic mass is 32.2. The van der Waals surface area contributed by atoms with E-state index in [2.05, 4.69) is 19.2 Å². The van der Waals surface area contributed by atoms with Crippen LogP contribution >= 0.6 is 0 Å². The zero-order valence-electron chi connectivity index (χ0n) is 10.7. The summed E-state index contributed by atoms with van der Waals surface area (Å²) in [5.74, 6) is 1.66. The van der Waals surface area contributed by atoms with Gasteiger partial charge in [-0.2, -0.15) is 0 Å². The molecule has 1 atom stereocenters. The lowest BCUT2D eigenvalue weighted by molar-refractivity contribution is 0.352. The molecule has 3 nitrogen and oxygen atoms in total. The molecule has 1 saturated carbocycles. The molecule has 1 aliphatic carbocycles. The lowest BCUT2D eigenvalue weighted by atomic mass is 9.93. The fraction of sp³-hybridized carbons (Fsp3) is 1.00. The van der Waals surface area contributed by atoms with Gasteiger partial charge in [-0.3, -0.25) is 0 Å². The zero-order chi connectivity index (χ0) is 12.2. The van der Waals surface area contributed by atoms with Crippen molar-refractivity contribution in [2.45, 2.75) is 46.1 Å². The fourth-order valence-corrected chi connectivity index (χ4v) is 2.70. The van der Waals surface area contributed by atoms with Gasteiger partial charge in [-0.1, -0.05) is 20.8 Å². The van der Waals surface area contributed by atoms with Gasteiger partial charge in [0.1, 0.15) is 9.84 Å².